The van der Waals surface area contributed by atoms with Crippen LogP contribution < -0.4 is 10.5 Å². The fraction of sp³-hybridized carbons (Fsp3) is 0.375. The number of hydrogen-bond acceptors (Lipinski definition) is 4. The number of nitrogens with zero attached hydrogens (tertiary/aromatic N) is 2. The van der Waals surface area contributed by atoms with Gasteiger partial charge >= 0.3 is 0 Å². The molecule has 0 aliphatic heterocycles. The Morgan fingerprint density at radius 2 is 2.29 bits per heavy atom. The molecule has 1 atom stereocenters. The van der Waals surface area contributed by atoms with Crippen LogP contribution in [0.1, 0.15) is 17.7 Å². The van der Waals surface area contributed by atoms with Gasteiger partial charge in [-0.25, -0.2) is 9.97 Å². The molecule has 1 aromatic heterocycles. The van der Waals surface area contributed by atoms with Crippen molar-refractivity contribution in [3.63, 3.8) is 0 Å². The van der Waals surface area contributed by atoms with Gasteiger partial charge in [-0.2, -0.15) is 0 Å². The topological polar surface area (TPSA) is 61.0 Å². The predicted octanol–water partition coefficient (Wildman–Crippen LogP) is 2.98. The number of nitrogens with two attached hydrogens (primary N) is 1. The first-order chi connectivity index (χ1) is 10.2. The van der Waals surface area contributed by atoms with Gasteiger partial charge in [-0.15, -0.1) is 0 Å². The van der Waals surface area contributed by atoms with Crippen LogP contribution in [0.25, 0.3) is 11.4 Å². The summed E-state index contributed by atoms with van der Waals surface area (Å²) >= 11 is 3.50. The monoisotopic (exact) mass is 347 g/mol. The lowest BCUT2D eigenvalue weighted by atomic mass is 9.87. The van der Waals surface area contributed by atoms with E-state index in [2.05, 4.69) is 20.9 Å². The van der Waals surface area contributed by atoms with Gasteiger partial charge in [-0.1, -0.05) is 0 Å². The van der Waals surface area contributed by atoms with Gasteiger partial charge in [0.2, 0.25) is 0 Å². The van der Waals surface area contributed by atoms with Crippen molar-refractivity contribution in [3.8, 4) is 17.1 Å². The van der Waals surface area contributed by atoms with Crippen molar-refractivity contribution >= 4 is 15.9 Å². The minimum Gasteiger partial charge on any atom is -0.496 e. The normalized spacial score (nSPS) is 17.4. The SMILES string of the molecule is COc1ccc(-c2ncc3c(n2)CCC(CN)C3)cc1Br. The van der Waals surface area contributed by atoms with E-state index < -0.39 is 0 Å². The van der Waals surface area contributed by atoms with Crippen molar-refractivity contribution in [2.75, 3.05) is 13.7 Å². The van der Waals surface area contributed by atoms with E-state index in [1.165, 1.54) is 5.56 Å². The van der Waals surface area contributed by atoms with Crippen LogP contribution in [0.15, 0.2) is 28.9 Å². The Kier molecular flexibility index (Phi) is 4.22. The molecule has 0 radical (unpaired) electrons. The van der Waals surface area contributed by atoms with Crippen molar-refractivity contribution in [1.29, 1.82) is 0 Å². The van der Waals surface area contributed by atoms with Crippen molar-refractivity contribution in [2.45, 2.75) is 19.3 Å². The van der Waals surface area contributed by atoms with Crippen LogP contribution in [-0.4, -0.2) is 23.6 Å². The number of benzene rings is 1. The number of fused-ring (bicyclic) bond motifs is 1. The van der Waals surface area contributed by atoms with Crippen molar-refractivity contribution in [2.24, 2.45) is 11.7 Å². The van der Waals surface area contributed by atoms with Crippen molar-refractivity contribution in [1.82, 2.24) is 9.97 Å². The summed E-state index contributed by atoms with van der Waals surface area (Å²) in [5, 5.41) is 0. The molecular weight excluding hydrogens is 330 g/mol. The number of hydrogen-bond donors (Lipinski definition) is 1. The second-order valence-electron chi connectivity index (χ2n) is 5.36. The van der Waals surface area contributed by atoms with Gasteiger partial charge < -0.3 is 10.5 Å². The Balaban J connectivity index is 1.92. The van der Waals surface area contributed by atoms with E-state index >= 15 is 0 Å². The Labute approximate surface area is 132 Å². The standard InChI is InChI=1S/C16H18BrN3O/c1-21-15-5-3-11(7-13(15)17)16-19-9-12-6-10(8-18)2-4-14(12)20-16/h3,5,7,9-10H,2,4,6,8,18H2,1H3. The average Bonchev–Trinajstić information content (AvgIpc) is 2.53. The van der Waals surface area contributed by atoms with Crippen LogP contribution in [0.4, 0.5) is 0 Å². The van der Waals surface area contributed by atoms with Crippen LogP contribution in [0, 0.1) is 5.92 Å². The van der Waals surface area contributed by atoms with E-state index in [0.717, 1.165) is 53.1 Å². The van der Waals surface area contributed by atoms with Crippen LogP contribution in [0.5, 0.6) is 5.75 Å². The molecule has 5 heteroatoms. The number of aromatic nitrogens is 2. The van der Waals surface area contributed by atoms with E-state index in [1.54, 1.807) is 7.11 Å². The molecule has 0 bridgehead atoms. The fourth-order valence-corrected chi connectivity index (χ4v) is 3.27. The number of rotatable bonds is 3. The minimum atomic E-state index is 0.571. The third-order valence-electron chi connectivity index (χ3n) is 4.00. The highest BCUT2D eigenvalue weighted by Crippen LogP contribution is 2.30. The molecule has 4 nitrogen and oxygen atoms in total. The first-order valence-corrected chi connectivity index (χ1v) is 7.89. The summed E-state index contributed by atoms with van der Waals surface area (Å²) in [6.45, 7) is 0.743. The van der Waals surface area contributed by atoms with Crippen LogP contribution in [0.2, 0.25) is 0 Å². The molecule has 0 fully saturated rings. The van der Waals surface area contributed by atoms with Crippen molar-refractivity contribution < 1.29 is 4.74 Å². The zero-order chi connectivity index (χ0) is 14.8. The van der Waals surface area contributed by atoms with E-state index in [0.29, 0.717) is 5.92 Å². The molecular formula is C16H18BrN3O. The number of methoxy groups -OCH3 is 1. The van der Waals surface area contributed by atoms with Crippen molar-refractivity contribution in [3.05, 3.63) is 40.1 Å². The number of aryl methyl sites for hydroxylation is 1. The second-order valence-corrected chi connectivity index (χ2v) is 6.21. The average molecular weight is 348 g/mol. The first-order valence-electron chi connectivity index (χ1n) is 7.10. The summed E-state index contributed by atoms with van der Waals surface area (Å²) in [6.07, 6.45) is 5.06. The fourth-order valence-electron chi connectivity index (χ4n) is 2.73. The van der Waals surface area contributed by atoms with E-state index in [4.69, 9.17) is 15.5 Å². The molecule has 0 amide bonds. The molecule has 2 aromatic rings. The number of ether oxygens (including phenoxy) is 1. The van der Waals surface area contributed by atoms with Crippen LogP contribution >= 0.6 is 15.9 Å². The minimum absolute atomic E-state index is 0.571. The van der Waals surface area contributed by atoms with Gasteiger partial charge in [-0.05, 0) is 71.4 Å². The van der Waals surface area contributed by atoms with E-state index in [9.17, 15) is 0 Å². The third-order valence-corrected chi connectivity index (χ3v) is 4.62. The molecule has 1 heterocycles. The highest BCUT2D eigenvalue weighted by atomic mass is 79.9. The molecule has 1 aliphatic rings. The summed E-state index contributed by atoms with van der Waals surface area (Å²) in [5.41, 5.74) is 9.17. The van der Waals surface area contributed by atoms with Gasteiger partial charge in [0.15, 0.2) is 5.82 Å². The zero-order valence-corrected chi connectivity index (χ0v) is 13.6. The maximum Gasteiger partial charge on any atom is 0.159 e. The van der Waals surface area contributed by atoms with Crippen LogP contribution in [-0.2, 0) is 12.8 Å². The summed E-state index contributed by atoms with van der Waals surface area (Å²) in [7, 11) is 1.66. The van der Waals surface area contributed by atoms with Crippen LogP contribution in [0.3, 0.4) is 0 Å². The summed E-state index contributed by atoms with van der Waals surface area (Å²) in [5.74, 6) is 2.15. The molecule has 1 unspecified atom stereocenters. The van der Waals surface area contributed by atoms with E-state index in [1.807, 2.05) is 24.4 Å². The van der Waals surface area contributed by atoms with Gasteiger partial charge in [0, 0.05) is 17.5 Å². The number of halogens is 1. The van der Waals surface area contributed by atoms with Gasteiger partial charge in [-0.3, -0.25) is 0 Å². The lowest BCUT2D eigenvalue weighted by Gasteiger charge is -2.22. The Morgan fingerprint density at radius 3 is 3.00 bits per heavy atom. The Hall–Kier alpha value is -1.46. The lowest BCUT2D eigenvalue weighted by Crippen LogP contribution is -2.23. The highest BCUT2D eigenvalue weighted by Gasteiger charge is 2.19. The molecule has 3 rings (SSSR count). The summed E-state index contributed by atoms with van der Waals surface area (Å²) in [4.78, 5) is 9.25. The maximum atomic E-state index is 5.77. The molecule has 0 spiro atoms. The summed E-state index contributed by atoms with van der Waals surface area (Å²) < 4.78 is 6.16. The largest absolute Gasteiger partial charge is 0.496 e. The smallest absolute Gasteiger partial charge is 0.159 e. The second kappa shape index (κ2) is 6.12. The molecule has 2 N–H and O–H groups in total. The van der Waals surface area contributed by atoms with E-state index in [-0.39, 0.29) is 0 Å². The molecule has 0 saturated heterocycles. The van der Waals surface area contributed by atoms with Gasteiger partial charge in [0.05, 0.1) is 11.6 Å². The quantitative estimate of drug-likeness (QED) is 0.926. The zero-order valence-electron chi connectivity index (χ0n) is 12.0. The lowest BCUT2D eigenvalue weighted by molar-refractivity contribution is 0.412. The highest BCUT2D eigenvalue weighted by molar-refractivity contribution is 9.10. The molecule has 110 valence electrons. The molecule has 1 aliphatic carbocycles. The van der Waals surface area contributed by atoms with Gasteiger partial charge in [0.25, 0.3) is 0 Å². The maximum absolute atomic E-state index is 5.77. The predicted molar refractivity (Wildman–Crippen MR) is 86.3 cm³/mol. The summed E-state index contributed by atoms with van der Waals surface area (Å²) in [6, 6.07) is 5.90. The third kappa shape index (κ3) is 2.94. The first kappa shape index (κ1) is 14.5. The molecule has 1 aromatic carbocycles. The van der Waals surface area contributed by atoms with Gasteiger partial charge in [0.1, 0.15) is 5.75 Å². The molecule has 21 heavy (non-hydrogen) atoms. The molecule has 0 saturated carbocycles. The Bertz CT molecular complexity index is 660. The Morgan fingerprint density at radius 1 is 1.43 bits per heavy atom.